The first-order valence-electron chi connectivity index (χ1n) is 8.88. The van der Waals surface area contributed by atoms with Gasteiger partial charge in [0.1, 0.15) is 23.1 Å². The van der Waals surface area contributed by atoms with E-state index in [2.05, 4.69) is 20.6 Å². The molecule has 3 aromatic rings. The lowest BCUT2D eigenvalue weighted by molar-refractivity contribution is 0.0945. The molecular weight excluding hydrogens is 359 g/mol. The molecule has 1 heterocycles. The molecule has 28 heavy (non-hydrogen) atoms. The average Bonchev–Trinajstić information content (AvgIpc) is 2.69. The van der Waals surface area contributed by atoms with E-state index in [1.165, 1.54) is 18.5 Å². The molecule has 3 rings (SSSR count). The topological polar surface area (TPSA) is 76.1 Å². The van der Waals surface area contributed by atoms with Gasteiger partial charge >= 0.3 is 0 Å². The van der Waals surface area contributed by atoms with Gasteiger partial charge in [0.25, 0.3) is 5.91 Å². The van der Waals surface area contributed by atoms with Crippen molar-refractivity contribution in [1.29, 1.82) is 0 Å². The van der Waals surface area contributed by atoms with Crippen LogP contribution in [0.5, 0.6) is 5.75 Å². The second-order valence-electron chi connectivity index (χ2n) is 6.38. The summed E-state index contributed by atoms with van der Waals surface area (Å²) in [5.41, 5.74) is 1.39. The van der Waals surface area contributed by atoms with Gasteiger partial charge in [-0.3, -0.25) is 4.79 Å². The summed E-state index contributed by atoms with van der Waals surface area (Å²) < 4.78 is 19.2. The Labute approximate surface area is 162 Å². The fourth-order valence-electron chi connectivity index (χ4n) is 2.45. The molecule has 1 aromatic heterocycles. The molecule has 0 saturated heterocycles. The Morgan fingerprint density at radius 2 is 1.82 bits per heavy atom. The van der Waals surface area contributed by atoms with Crippen molar-refractivity contribution < 1.29 is 13.9 Å². The summed E-state index contributed by atoms with van der Waals surface area (Å²) in [5, 5.41) is 5.74. The summed E-state index contributed by atoms with van der Waals surface area (Å²) >= 11 is 0. The lowest BCUT2D eigenvalue weighted by Gasteiger charge is -2.11. The molecule has 0 aliphatic carbocycles. The number of halogens is 1. The number of benzene rings is 2. The second kappa shape index (κ2) is 8.94. The SMILES string of the molecule is CC(C)Oc1ccc(Nc2cnc(C(=O)NCc3ccccc3F)cn2)cc1. The summed E-state index contributed by atoms with van der Waals surface area (Å²) in [4.78, 5) is 20.5. The zero-order chi connectivity index (χ0) is 19.9. The van der Waals surface area contributed by atoms with Crippen LogP contribution in [0, 0.1) is 5.82 Å². The molecule has 0 saturated carbocycles. The molecular formula is C21H21FN4O2. The van der Waals surface area contributed by atoms with Crippen LogP contribution in [0.15, 0.2) is 60.9 Å². The third kappa shape index (κ3) is 5.26. The maximum Gasteiger partial charge on any atom is 0.271 e. The molecule has 0 fully saturated rings. The standard InChI is InChI=1S/C21H21FN4O2/c1-14(2)28-17-9-7-16(8-10-17)26-20-13-23-19(12-24-20)21(27)25-11-15-5-3-4-6-18(15)22/h3-10,12-14H,11H2,1-2H3,(H,24,26)(H,25,27). The van der Waals surface area contributed by atoms with Crippen LogP contribution in [0.4, 0.5) is 15.9 Å². The first kappa shape index (κ1) is 19.3. The monoisotopic (exact) mass is 380 g/mol. The Morgan fingerprint density at radius 1 is 1.07 bits per heavy atom. The minimum atomic E-state index is -0.419. The van der Waals surface area contributed by atoms with E-state index < -0.39 is 5.91 Å². The predicted molar refractivity (Wildman–Crippen MR) is 105 cm³/mol. The number of ether oxygens (including phenoxy) is 1. The number of amides is 1. The Kier molecular flexibility index (Phi) is 6.16. The van der Waals surface area contributed by atoms with Gasteiger partial charge in [0.15, 0.2) is 0 Å². The van der Waals surface area contributed by atoms with Crippen LogP contribution < -0.4 is 15.4 Å². The van der Waals surface area contributed by atoms with E-state index in [1.807, 2.05) is 38.1 Å². The number of nitrogens with one attached hydrogen (secondary N) is 2. The highest BCUT2D eigenvalue weighted by Crippen LogP contribution is 2.19. The number of carbonyl (C=O) groups excluding carboxylic acids is 1. The fraction of sp³-hybridized carbons (Fsp3) is 0.190. The van der Waals surface area contributed by atoms with Gasteiger partial charge in [0.05, 0.1) is 18.5 Å². The van der Waals surface area contributed by atoms with Crippen molar-refractivity contribution in [2.45, 2.75) is 26.5 Å². The molecule has 0 unspecified atom stereocenters. The summed E-state index contributed by atoms with van der Waals surface area (Å²) in [6, 6.07) is 13.7. The van der Waals surface area contributed by atoms with Crippen LogP contribution in [0.2, 0.25) is 0 Å². The van der Waals surface area contributed by atoms with Gasteiger partial charge < -0.3 is 15.4 Å². The van der Waals surface area contributed by atoms with Gasteiger partial charge in [-0.15, -0.1) is 0 Å². The van der Waals surface area contributed by atoms with Crippen molar-refractivity contribution >= 4 is 17.4 Å². The van der Waals surface area contributed by atoms with E-state index in [1.54, 1.807) is 18.2 Å². The number of anilines is 2. The number of nitrogens with zero attached hydrogens (tertiary/aromatic N) is 2. The van der Waals surface area contributed by atoms with Crippen LogP contribution in [-0.4, -0.2) is 22.0 Å². The minimum Gasteiger partial charge on any atom is -0.491 e. The van der Waals surface area contributed by atoms with Gasteiger partial charge in [0.2, 0.25) is 0 Å². The second-order valence-corrected chi connectivity index (χ2v) is 6.38. The van der Waals surface area contributed by atoms with Crippen molar-refractivity contribution in [3.8, 4) is 5.75 Å². The van der Waals surface area contributed by atoms with Crippen molar-refractivity contribution in [3.05, 3.63) is 78.0 Å². The first-order valence-corrected chi connectivity index (χ1v) is 8.88. The fourth-order valence-corrected chi connectivity index (χ4v) is 2.45. The van der Waals surface area contributed by atoms with Crippen molar-refractivity contribution in [2.24, 2.45) is 0 Å². The summed E-state index contributed by atoms with van der Waals surface area (Å²) in [7, 11) is 0. The molecule has 0 spiro atoms. The number of carbonyl (C=O) groups is 1. The normalized spacial score (nSPS) is 10.6. The molecule has 0 aliphatic rings. The van der Waals surface area contributed by atoms with Crippen molar-refractivity contribution in [2.75, 3.05) is 5.32 Å². The smallest absolute Gasteiger partial charge is 0.271 e. The molecule has 0 aliphatic heterocycles. The van der Waals surface area contributed by atoms with Crippen molar-refractivity contribution in [3.63, 3.8) is 0 Å². The highest BCUT2D eigenvalue weighted by molar-refractivity contribution is 5.92. The van der Waals surface area contributed by atoms with Gasteiger partial charge in [0, 0.05) is 17.8 Å². The van der Waals surface area contributed by atoms with Crippen LogP contribution in [0.25, 0.3) is 0 Å². The van der Waals surface area contributed by atoms with Crippen LogP contribution in [-0.2, 0) is 6.54 Å². The van der Waals surface area contributed by atoms with Gasteiger partial charge in [-0.1, -0.05) is 18.2 Å². The largest absolute Gasteiger partial charge is 0.491 e. The molecule has 0 bridgehead atoms. The van der Waals surface area contributed by atoms with E-state index in [0.717, 1.165) is 11.4 Å². The maximum absolute atomic E-state index is 13.6. The molecule has 2 N–H and O–H groups in total. The Morgan fingerprint density at radius 3 is 2.46 bits per heavy atom. The number of aromatic nitrogens is 2. The lowest BCUT2D eigenvalue weighted by Crippen LogP contribution is -2.24. The van der Waals surface area contributed by atoms with Gasteiger partial charge in [-0.2, -0.15) is 0 Å². The highest BCUT2D eigenvalue weighted by atomic mass is 19.1. The van der Waals surface area contributed by atoms with E-state index in [9.17, 15) is 9.18 Å². The first-order chi connectivity index (χ1) is 13.5. The van der Waals surface area contributed by atoms with Gasteiger partial charge in [-0.05, 0) is 44.2 Å². The maximum atomic E-state index is 13.6. The van der Waals surface area contributed by atoms with Crippen LogP contribution in [0.3, 0.4) is 0 Å². The third-order valence-electron chi connectivity index (χ3n) is 3.78. The summed E-state index contributed by atoms with van der Waals surface area (Å²) in [6.07, 6.45) is 2.95. The Balaban J connectivity index is 1.57. The molecule has 7 heteroatoms. The van der Waals surface area contributed by atoms with E-state index in [-0.39, 0.29) is 24.2 Å². The third-order valence-corrected chi connectivity index (χ3v) is 3.78. The summed E-state index contributed by atoms with van der Waals surface area (Å²) in [5.74, 6) is 0.507. The molecule has 0 atom stereocenters. The number of hydrogen-bond donors (Lipinski definition) is 2. The average molecular weight is 380 g/mol. The zero-order valence-corrected chi connectivity index (χ0v) is 15.6. The summed E-state index contributed by atoms with van der Waals surface area (Å²) in [6.45, 7) is 4.02. The highest BCUT2D eigenvalue weighted by Gasteiger charge is 2.09. The Hall–Kier alpha value is -3.48. The lowest BCUT2D eigenvalue weighted by atomic mass is 10.2. The number of rotatable bonds is 7. The predicted octanol–water partition coefficient (Wildman–Crippen LogP) is 4.08. The molecule has 0 radical (unpaired) electrons. The van der Waals surface area contributed by atoms with E-state index >= 15 is 0 Å². The number of hydrogen-bond acceptors (Lipinski definition) is 5. The van der Waals surface area contributed by atoms with Crippen molar-refractivity contribution in [1.82, 2.24) is 15.3 Å². The van der Waals surface area contributed by atoms with Crippen LogP contribution in [0.1, 0.15) is 29.9 Å². The molecule has 6 nitrogen and oxygen atoms in total. The Bertz CT molecular complexity index is 928. The van der Waals surface area contributed by atoms with Gasteiger partial charge in [-0.25, -0.2) is 14.4 Å². The zero-order valence-electron chi connectivity index (χ0n) is 15.6. The molecule has 144 valence electrons. The minimum absolute atomic E-state index is 0.0813. The quantitative estimate of drug-likeness (QED) is 0.646. The van der Waals surface area contributed by atoms with E-state index in [0.29, 0.717) is 11.4 Å². The molecule has 2 aromatic carbocycles. The molecule has 1 amide bonds. The van der Waals surface area contributed by atoms with E-state index in [4.69, 9.17) is 4.74 Å². The van der Waals surface area contributed by atoms with Crippen LogP contribution >= 0.6 is 0 Å².